The number of hydrogen-bond donors (Lipinski definition) is 0. The summed E-state index contributed by atoms with van der Waals surface area (Å²) in [5.41, 5.74) is 0.205. The van der Waals surface area contributed by atoms with E-state index in [0.29, 0.717) is 13.1 Å². The van der Waals surface area contributed by atoms with Gasteiger partial charge in [-0.3, -0.25) is 4.79 Å². The van der Waals surface area contributed by atoms with Crippen molar-refractivity contribution in [1.29, 1.82) is 0 Å². The molecule has 110 valence electrons. The summed E-state index contributed by atoms with van der Waals surface area (Å²) in [5.74, 6) is -0.312. The van der Waals surface area contributed by atoms with Crippen molar-refractivity contribution < 1.29 is 13.2 Å². The molecule has 0 aliphatic carbocycles. The molecule has 0 N–H and O–H groups in total. The van der Waals surface area contributed by atoms with Crippen LogP contribution in [0.2, 0.25) is 5.02 Å². The average Bonchev–Trinajstić information content (AvgIpc) is 2.92. The number of carbonyl (C=O) groups excluding carboxylic acids is 1. The van der Waals surface area contributed by atoms with E-state index < -0.39 is 10.0 Å². The third-order valence-electron chi connectivity index (χ3n) is 3.28. The molecule has 0 aromatic heterocycles. The normalized spacial score (nSPS) is 16.4. The van der Waals surface area contributed by atoms with Crippen molar-refractivity contribution in [2.45, 2.75) is 17.7 Å². The molecule has 1 aliphatic rings. The highest BCUT2D eigenvalue weighted by Crippen LogP contribution is 2.25. The van der Waals surface area contributed by atoms with E-state index in [1.54, 1.807) is 14.1 Å². The Kier molecular flexibility index (Phi) is 4.36. The molecule has 0 unspecified atom stereocenters. The van der Waals surface area contributed by atoms with Gasteiger partial charge in [-0.25, -0.2) is 8.42 Å². The summed E-state index contributed by atoms with van der Waals surface area (Å²) in [5, 5.41) is 0.254. The van der Waals surface area contributed by atoms with Crippen molar-refractivity contribution in [3.63, 3.8) is 0 Å². The molecular weight excluding hydrogens is 300 g/mol. The van der Waals surface area contributed by atoms with Gasteiger partial charge in [0.1, 0.15) is 0 Å². The molecule has 1 aromatic rings. The van der Waals surface area contributed by atoms with Gasteiger partial charge in [-0.2, -0.15) is 4.31 Å². The lowest BCUT2D eigenvalue weighted by atomic mass is 10.2. The highest BCUT2D eigenvalue weighted by molar-refractivity contribution is 7.89. The van der Waals surface area contributed by atoms with Crippen LogP contribution in [-0.4, -0.2) is 50.7 Å². The van der Waals surface area contributed by atoms with Gasteiger partial charge < -0.3 is 4.90 Å². The minimum absolute atomic E-state index is 0.119. The SMILES string of the molecule is CN(C)C(=O)c1cc(S(=O)(=O)N2CCCC2)ccc1Cl. The first-order chi connectivity index (χ1) is 9.34. The molecule has 5 nitrogen and oxygen atoms in total. The fourth-order valence-corrected chi connectivity index (χ4v) is 3.89. The molecule has 1 amide bonds. The van der Waals surface area contributed by atoms with E-state index in [9.17, 15) is 13.2 Å². The van der Waals surface area contributed by atoms with Crippen molar-refractivity contribution >= 4 is 27.5 Å². The topological polar surface area (TPSA) is 57.7 Å². The molecule has 0 radical (unpaired) electrons. The smallest absolute Gasteiger partial charge is 0.254 e. The zero-order chi connectivity index (χ0) is 14.9. The molecule has 1 heterocycles. The summed E-state index contributed by atoms with van der Waals surface area (Å²) in [4.78, 5) is 13.5. The molecule has 1 aliphatic heterocycles. The highest BCUT2D eigenvalue weighted by Gasteiger charge is 2.28. The molecular formula is C13H17ClN2O3S. The zero-order valence-electron chi connectivity index (χ0n) is 11.5. The van der Waals surface area contributed by atoms with Gasteiger partial charge in [0, 0.05) is 27.2 Å². The molecule has 0 bridgehead atoms. The van der Waals surface area contributed by atoms with E-state index in [1.165, 1.54) is 27.4 Å². The van der Waals surface area contributed by atoms with Gasteiger partial charge >= 0.3 is 0 Å². The number of hydrogen-bond acceptors (Lipinski definition) is 3. The van der Waals surface area contributed by atoms with E-state index >= 15 is 0 Å². The van der Waals surface area contributed by atoms with E-state index in [1.807, 2.05) is 0 Å². The van der Waals surface area contributed by atoms with Gasteiger partial charge in [-0.05, 0) is 31.0 Å². The van der Waals surface area contributed by atoms with E-state index in [-0.39, 0.29) is 21.4 Å². The maximum Gasteiger partial charge on any atom is 0.254 e. The minimum Gasteiger partial charge on any atom is -0.345 e. The summed E-state index contributed by atoms with van der Waals surface area (Å²) >= 11 is 5.99. The van der Waals surface area contributed by atoms with Crippen molar-refractivity contribution in [2.75, 3.05) is 27.2 Å². The number of carbonyl (C=O) groups is 1. The Bertz CT molecular complexity index is 623. The molecule has 0 atom stereocenters. The summed E-state index contributed by atoms with van der Waals surface area (Å²) < 4.78 is 26.3. The summed E-state index contributed by atoms with van der Waals surface area (Å²) in [7, 11) is -0.338. The maximum atomic E-state index is 12.4. The van der Waals surface area contributed by atoms with Crippen LogP contribution >= 0.6 is 11.6 Å². The van der Waals surface area contributed by atoms with Gasteiger partial charge in [-0.15, -0.1) is 0 Å². The number of halogens is 1. The second kappa shape index (κ2) is 5.71. The van der Waals surface area contributed by atoms with Crippen LogP contribution in [0.4, 0.5) is 0 Å². The van der Waals surface area contributed by atoms with E-state index in [4.69, 9.17) is 11.6 Å². The minimum atomic E-state index is -3.53. The predicted octanol–water partition coefficient (Wildman–Crippen LogP) is 1.83. The number of rotatable bonds is 3. The monoisotopic (exact) mass is 316 g/mol. The zero-order valence-corrected chi connectivity index (χ0v) is 13.0. The van der Waals surface area contributed by atoms with Crippen molar-refractivity contribution in [2.24, 2.45) is 0 Å². The predicted molar refractivity (Wildman–Crippen MR) is 77.5 cm³/mol. The van der Waals surface area contributed by atoms with Crippen LogP contribution in [0.15, 0.2) is 23.1 Å². The molecule has 1 fully saturated rings. The first-order valence-corrected chi connectivity index (χ1v) is 8.17. The fourth-order valence-electron chi connectivity index (χ4n) is 2.15. The van der Waals surface area contributed by atoms with Crippen LogP contribution in [0.1, 0.15) is 23.2 Å². The summed E-state index contributed by atoms with van der Waals surface area (Å²) in [6.45, 7) is 1.06. The number of sulfonamides is 1. The number of amides is 1. The summed E-state index contributed by atoms with van der Waals surface area (Å²) in [6.07, 6.45) is 1.74. The molecule has 0 spiro atoms. The highest BCUT2D eigenvalue weighted by atomic mass is 35.5. The number of benzene rings is 1. The Labute approximate surface area is 124 Å². The molecule has 20 heavy (non-hydrogen) atoms. The maximum absolute atomic E-state index is 12.4. The average molecular weight is 317 g/mol. The third-order valence-corrected chi connectivity index (χ3v) is 5.50. The van der Waals surface area contributed by atoms with Crippen LogP contribution in [0.25, 0.3) is 0 Å². The first kappa shape index (κ1) is 15.3. The van der Waals surface area contributed by atoms with Crippen LogP contribution in [0, 0.1) is 0 Å². The van der Waals surface area contributed by atoms with Crippen molar-refractivity contribution in [3.8, 4) is 0 Å². The standard InChI is InChI=1S/C13H17ClN2O3S/c1-15(2)13(17)11-9-10(5-6-12(11)14)20(18,19)16-7-3-4-8-16/h5-6,9H,3-4,7-8H2,1-2H3. The first-order valence-electron chi connectivity index (χ1n) is 6.35. The lowest BCUT2D eigenvalue weighted by Gasteiger charge is -2.17. The lowest BCUT2D eigenvalue weighted by Crippen LogP contribution is -2.28. The van der Waals surface area contributed by atoms with Crippen molar-refractivity contribution in [3.05, 3.63) is 28.8 Å². The Hall–Kier alpha value is -1.11. The van der Waals surface area contributed by atoms with E-state index in [0.717, 1.165) is 12.8 Å². The van der Waals surface area contributed by atoms with Crippen LogP contribution in [0.5, 0.6) is 0 Å². The van der Waals surface area contributed by atoms with E-state index in [2.05, 4.69) is 0 Å². The Morgan fingerprint density at radius 3 is 2.40 bits per heavy atom. The number of nitrogens with zero attached hydrogens (tertiary/aromatic N) is 2. The van der Waals surface area contributed by atoms with Gasteiger partial charge in [-0.1, -0.05) is 11.6 Å². The van der Waals surface area contributed by atoms with Crippen LogP contribution in [0.3, 0.4) is 0 Å². The van der Waals surface area contributed by atoms with Gasteiger partial charge in [0.15, 0.2) is 0 Å². The third kappa shape index (κ3) is 2.82. The molecule has 1 saturated heterocycles. The second-order valence-electron chi connectivity index (χ2n) is 4.95. The van der Waals surface area contributed by atoms with Gasteiger partial charge in [0.05, 0.1) is 15.5 Å². The van der Waals surface area contributed by atoms with Crippen LogP contribution in [-0.2, 0) is 10.0 Å². The second-order valence-corrected chi connectivity index (χ2v) is 7.30. The van der Waals surface area contributed by atoms with Gasteiger partial charge in [0.2, 0.25) is 10.0 Å². The quantitative estimate of drug-likeness (QED) is 0.855. The van der Waals surface area contributed by atoms with Crippen LogP contribution < -0.4 is 0 Å². The lowest BCUT2D eigenvalue weighted by molar-refractivity contribution is 0.0827. The molecule has 0 saturated carbocycles. The van der Waals surface area contributed by atoms with Crippen molar-refractivity contribution in [1.82, 2.24) is 9.21 Å². The largest absolute Gasteiger partial charge is 0.345 e. The Balaban J connectivity index is 2.43. The Morgan fingerprint density at radius 1 is 1.25 bits per heavy atom. The fraction of sp³-hybridized carbons (Fsp3) is 0.462. The molecule has 1 aromatic carbocycles. The van der Waals surface area contributed by atoms with Gasteiger partial charge in [0.25, 0.3) is 5.91 Å². The molecule has 7 heteroatoms. The Morgan fingerprint density at radius 2 is 1.85 bits per heavy atom. The molecule has 2 rings (SSSR count). The summed E-state index contributed by atoms with van der Waals surface area (Å²) in [6, 6.07) is 4.27.